The number of nitrogens with two attached hydrogens (primary N) is 1. The summed E-state index contributed by atoms with van der Waals surface area (Å²) in [6.07, 6.45) is 1.39. The second-order valence-electron chi connectivity index (χ2n) is 6.87. The predicted octanol–water partition coefficient (Wildman–Crippen LogP) is 0.774. The van der Waals surface area contributed by atoms with E-state index in [0.717, 1.165) is 6.42 Å². The standard InChI is InChI=1S/C19H27N3O5/c1-21(19(24)17-5-4-13(11-20)27-17)16-6-7-22(18(16)23)12-8-14(25-2)10-15(9-12)26-3/h8-10,13,16-17H,4-7,11,20H2,1-3H3/t13-,16?,17+/m1/s1. The van der Waals surface area contributed by atoms with E-state index in [0.29, 0.717) is 43.1 Å². The number of anilines is 1. The lowest BCUT2D eigenvalue weighted by atomic mass is 10.1. The third-order valence-corrected chi connectivity index (χ3v) is 5.29. The fourth-order valence-corrected chi connectivity index (χ4v) is 3.67. The zero-order valence-corrected chi connectivity index (χ0v) is 16.0. The van der Waals surface area contributed by atoms with E-state index in [1.807, 2.05) is 0 Å². The van der Waals surface area contributed by atoms with Gasteiger partial charge in [0, 0.05) is 38.3 Å². The summed E-state index contributed by atoms with van der Waals surface area (Å²) >= 11 is 0. The molecule has 2 aliphatic rings. The Hall–Kier alpha value is -2.32. The molecule has 0 aromatic heterocycles. The summed E-state index contributed by atoms with van der Waals surface area (Å²) in [5, 5.41) is 0. The van der Waals surface area contributed by atoms with Crippen LogP contribution >= 0.6 is 0 Å². The Kier molecular flexibility index (Phi) is 5.86. The van der Waals surface area contributed by atoms with Crippen molar-refractivity contribution in [1.82, 2.24) is 4.90 Å². The molecule has 2 heterocycles. The zero-order valence-electron chi connectivity index (χ0n) is 16.0. The molecule has 3 atom stereocenters. The van der Waals surface area contributed by atoms with Crippen molar-refractivity contribution in [2.45, 2.75) is 37.5 Å². The lowest BCUT2D eigenvalue weighted by Gasteiger charge is -2.26. The van der Waals surface area contributed by atoms with Gasteiger partial charge in [0.1, 0.15) is 23.6 Å². The van der Waals surface area contributed by atoms with E-state index >= 15 is 0 Å². The SMILES string of the molecule is COc1cc(OC)cc(N2CCC(N(C)C(=O)[C@@H]3CC[C@H](CN)O3)C2=O)c1. The van der Waals surface area contributed by atoms with Crippen LogP contribution in [0.25, 0.3) is 0 Å². The Bertz CT molecular complexity index is 688. The van der Waals surface area contributed by atoms with Gasteiger partial charge < -0.3 is 29.7 Å². The van der Waals surface area contributed by atoms with Gasteiger partial charge in [-0.15, -0.1) is 0 Å². The fourth-order valence-electron chi connectivity index (χ4n) is 3.67. The minimum atomic E-state index is -0.512. The number of nitrogens with zero attached hydrogens (tertiary/aromatic N) is 2. The number of benzene rings is 1. The van der Waals surface area contributed by atoms with Crippen LogP contribution in [0.4, 0.5) is 5.69 Å². The van der Waals surface area contributed by atoms with Crippen LogP contribution in [0.1, 0.15) is 19.3 Å². The van der Waals surface area contributed by atoms with E-state index in [2.05, 4.69) is 0 Å². The number of likely N-dealkylation sites (N-methyl/N-ethyl adjacent to an activating group) is 1. The third-order valence-electron chi connectivity index (χ3n) is 5.29. The van der Waals surface area contributed by atoms with Gasteiger partial charge >= 0.3 is 0 Å². The topological polar surface area (TPSA) is 94.3 Å². The van der Waals surface area contributed by atoms with Crippen LogP contribution in [-0.2, 0) is 14.3 Å². The summed E-state index contributed by atoms with van der Waals surface area (Å²) in [5.74, 6) is 0.943. The van der Waals surface area contributed by atoms with E-state index in [9.17, 15) is 9.59 Å². The predicted molar refractivity (Wildman–Crippen MR) is 100 cm³/mol. The number of carbonyl (C=O) groups is 2. The summed E-state index contributed by atoms with van der Waals surface area (Å²) in [7, 11) is 4.80. The van der Waals surface area contributed by atoms with Crippen molar-refractivity contribution < 1.29 is 23.8 Å². The summed E-state index contributed by atoms with van der Waals surface area (Å²) < 4.78 is 16.3. The highest BCUT2D eigenvalue weighted by molar-refractivity contribution is 6.01. The van der Waals surface area contributed by atoms with E-state index in [1.165, 1.54) is 4.90 Å². The maximum absolute atomic E-state index is 13.0. The van der Waals surface area contributed by atoms with Gasteiger partial charge in [-0.25, -0.2) is 0 Å². The Morgan fingerprint density at radius 2 is 1.89 bits per heavy atom. The first-order valence-electron chi connectivity index (χ1n) is 9.15. The molecule has 8 heteroatoms. The summed E-state index contributed by atoms with van der Waals surface area (Å²) in [5.41, 5.74) is 6.31. The molecule has 0 saturated carbocycles. The van der Waals surface area contributed by atoms with Crippen LogP contribution < -0.4 is 20.1 Å². The lowest BCUT2D eigenvalue weighted by molar-refractivity contribution is -0.146. The number of amides is 2. The Morgan fingerprint density at radius 1 is 1.22 bits per heavy atom. The highest BCUT2D eigenvalue weighted by Crippen LogP contribution is 2.32. The second kappa shape index (κ2) is 8.14. The number of hydrogen-bond donors (Lipinski definition) is 1. The van der Waals surface area contributed by atoms with E-state index < -0.39 is 12.1 Å². The molecule has 1 unspecified atom stereocenters. The Morgan fingerprint density at radius 3 is 2.44 bits per heavy atom. The number of rotatable bonds is 6. The summed E-state index contributed by atoms with van der Waals surface area (Å²) in [6.45, 7) is 0.926. The minimum Gasteiger partial charge on any atom is -0.497 e. The molecule has 0 bridgehead atoms. The van der Waals surface area contributed by atoms with Crippen LogP contribution in [0, 0.1) is 0 Å². The molecule has 0 aliphatic carbocycles. The molecule has 148 valence electrons. The molecule has 3 rings (SSSR count). The van der Waals surface area contributed by atoms with Gasteiger partial charge in [0.25, 0.3) is 5.91 Å². The number of ether oxygens (including phenoxy) is 3. The van der Waals surface area contributed by atoms with Gasteiger partial charge in [-0.1, -0.05) is 0 Å². The first-order chi connectivity index (χ1) is 13.0. The Labute approximate surface area is 159 Å². The monoisotopic (exact) mass is 377 g/mol. The molecule has 1 aromatic carbocycles. The van der Waals surface area contributed by atoms with Crippen molar-refractivity contribution in [1.29, 1.82) is 0 Å². The highest BCUT2D eigenvalue weighted by atomic mass is 16.5. The van der Waals surface area contributed by atoms with Crippen molar-refractivity contribution >= 4 is 17.5 Å². The van der Waals surface area contributed by atoms with E-state index in [1.54, 1.807) is 44.4 Å². The Balaban J connectivity index is 1.72. The quantitative estimate of drug-likeness (QED) is 0.787. The smallest absolute Gasteiger partial charge is 0.252 e. The van der Waals surface area contributed by atoms with Crippen LogP contribution in [0.5, 0.6) is 11.5 Å². The molecular weight excluding hydrogens is 350 g/mol. The second-order valence-corrected chi connectivity index (χ2v) is 6.87. The first-order valence-corrected chi connectivity index (χ1v) is 9.15. The van der Waals surface area contributed by atoms with Crippen LogP contribution in [0.2, 0.25) is 0 Å². The lowest BCUT2D eigenvalue weighted by Crippen LogP contribution is -2.47. The van der Waals surface area contributed by atoms with Gasteiger partial charge in [-0.3, -0.25) is 9.59 Å². The van der Waals surface area contributed by atoms with Crippen molar-refractivity contribution in [3.8, 4) is 11.5 Å². The maximum atomic E-state index is 13.0. The van der Waals surface area contributed by atoms with Gasteiger partial charge in [0.2, 0.25) is 5.91 Å². The average molecular weight is 377 g/mol. The molecule has 2 aliphatic heterocycles. The molecule has 1 aromatic rings. The van der Waals surface area contributed by atoms with Crippen LogP contribution in [-0.4, -0.2) is 69.3 Å². The average Bonchev–Trinajstić information content (AvgIpc) is 3.33. The van der Waals surface area contributed by atoms with Gasteiger partial charge in [0.15, 0.2) is 0 Å². The van der Waals surface area contributed by atoms with Crippen molar-refractivity contribution in [2.24, 2.45) is 5.73 Å². The molecule has 8 nitrogen and oxygen atoms in total. The minimum absolute atomic E-state index is 0.0765. The maximum Gasteiger partial charge on any atom is 0.252 e. The van der Waals surface area contributed by atoms with Crippen LogP contribution in [0.15, 0.2) is 18.2 Å². The molecule has 2 fully saturated rings. The summed E-state index contributed by atoms with van der Waals surface area (Å²) in [4.78, 5) is 28.9. The van der Waals surface area contributed by atoms with E-state index in [4.69, 9.17) is 19.9 Å². The van der Waals surface area contributed by atoms with E-state index in [-0.39, 0.29) is 17.9 Å². The number of methoxy groups -OCH3 is 2. The molecule has 0 radical (unpaired) electrons. The zero-order chi connectivity index (χ0) is 19.6. The van der Waals surface area contributed by atoms with Gasteiger partial charge in [0.05, 0.1) is 26.0 Å². The molecule has 27 heavy (non-hydrogen) atoms. The molecule has 0 spiro atoms. The molecular formula is C19H27N3O5. The van der Waals surface area contributed by atoms with Crippen molar-refractivity contribution in [3.05, 3.63) is 18.2 Å². The third kappa shape index (κ3) is 3.86. The molecule has 2 saturated heterocycles. The molecule has 2 N–H and O–H groups in total. The van der Waals surface area contributed by atoms with Crippen LogP contribution in [0.3, 0.4) is 0 Å². The van der Waals surface area contributed by atoms with Gasteiger partial charge in [-0.2, -0.15) is 0 Å². The normalized spacial score (nSPS) is 25.0. The first kappa shape index (κ1) is 19.4. The summed E-state index contributed by atoms with van der Waals surface area (Å²) in [6, 6.07) is 4.82. The number of hydrogen-bond acceptors (Lipinski definition) is 6. The largest absolute Gasteiger partial charge is 0.497 e. The van der Waals surface area contributed by atoms with Gasteiger partial charge in [-0.05, 0) is 19.3 Å². The molecule has 2 amide bonds. The fraction of sp³-hybridized carbons (Fsp3) is 0.579. The highest BCUT2D eigenvalue weighted by Gasteiger charge is 2.41. The van der Waals surface area contributed by atoms with Crippen molar-refractivity contribution in [3.63, 3.8) is 0 Å². The number of carbonyl (C=O) groups excluding carboxylic acids is 2. The van der Waals surface area contributed by atoms with Crippen molar-refractivity contribution in [2.75, 3.05) is 39.3 Å².